The van der Waals surface area contributed by atoms with Crippen LogP contribution in [0.25, 0.3) is 22.4 Å². The summed E-state index contributed by atoms with van der Waals surface area (Å²) in [6.07, 6.45) is -7.10. The quantitative estimate of drug-likeness (QED) is 0.195. The molecule has 0 radical (unpaired) electrons. The Balaban J connectivity index is 1.56. The van der Waals surface area contributed by atoms with E-state index in [1.807, 2.05) is 0 Å². The van der Waals surface area contributed by atoms with Gasteiger partial charge in [0.15, 0.2) is 5.82 Å². The highest BCUT2D eigenvalue weighted by atomic mass is 35.5. The number of nitrogens with zero attached hydrogens (tertiary/aromatic N) is 4. The Bertz CT molecular complexity index is 1820. The Kier molecular flexibility index (Phi) is 7.35. The fraction of sp³-hybridized carbons (Fsp3) is 0.345. The number of aliphatic carboxylic acids is 1. The molecule has 0 spiro atoms. The maximum Gasteiger partial charge on any atom is 0.453 e. The number of hydrogen-bond donors (Lipinski definition) is 3. The number of nitrogens with two attached hydrogens (primary N) is 1. The van der Waals surface area contributed by atoms with E-state index in [2.05, 4.69) is 20.4 Å². The molecule has 0 bridgehead atoms. The minimum Gasteiger partial charge on any atom is -0.481 e. The first-order valence-electron chi connectivity index (χ1n) is 13.3. The maximum atomic E-state index is 13.7. The molecular formula is C29H26ClF5N6O3. The first-order valence-corrected chi connectivity index (χ1v) is 13.7. The number of fused-ring (bicyclic) bond motifs is 2. The number of hydrogen-bond acceptors (Lipinski definition) is 6. The molecule has 5 rings (SSSR count). The number of nitrogen functional groups attached to an aromatic ring is 1. The lowest BCUT2D eigenvalue weighted by molar-refractivity contribution is -0.285. The molecule has 0 fully saturated rings. The fourth-order valence-electron chi connectivity index (χ4n) is 5.24. The van der Waals surface area contributed by atoms with Gasteiger partial charge in [0.05, 0.1) is 16.5 Å². The van der Waals surface area contributed by atoms with Crippen molar-refractivity contribution < 1.29 is 36.6 Å². The minimum absolute atomic E-state index is 0.0299. The average molecular weight is 637 g/mol. The van der Waals surface area contributed by atoms with Crippen LogP contribution in [0.4, 0.5) is 33.6 Å². The number of carbonyl (C=O) groups is 2. The number of carboxylic acid groups (broad SMARTS) is 1. The predicted octanol–water partition coefficient (Wildman–Crippen LogP) is 6.23. The van der Waals surface area contributed by atoms with Crippen molar-refractivity contribution in [2.75, 3.05) is 11.1 Å². The van der Waals surface area contributed by atoms with Gasteiger partial charge in [0.25, 0.3) is 0 Å². The molecule has 1 aliphatic rings. The number of anilines is 2. The monoisotopic (exact) mass is 636 g/mol. The summed E-state index contributed by atoms with van der Waals surface area (Å²) < 4.78 is 66.8. The fourth-order valence-corrected chi connectivity index (χ4v) is 5.40. The molecule has 4 aromatic rings. The van der Waals surface area contributed by atoms with Gasteiger partial charge < -0.3 is 16.2 Å². The number of carboxylic acids is 1. The Hall–Kier alpha value is -4.33. The lowest BCUT2D eigenvalue weighted by Crippen LogP contribution is -2.37. The van der Waals surface area contributed by atoms with Crippen molar-refractivity contribution in [3.8, 4) is 11.5 Å². The Morgan fingerprint density at radius 3 is 2.48 bits per heavy atom. The van der Waals surface area contributed by atoms with Crippen LogP contribution in [0, 0.1) is 5.41 Å². The zero-order valence-corrected chi connectivity index (χ0v) is 24.3. The van der Waals surface area contributed by atoms with Gasteiger partial charge in [0.1, 0.15) is 22.7 Å². The Morgan fingerprint density at radius 1 is 1.11 bits per heavy atom. The molecule has 2 aromatic carbocycles. The second-order valence-corrected chi connectivity index (χ2v) is 11.9. The summed E-state index contributed by atoms with van der Waals surface area (Å²) in [6.45, 7) is 4.01. The van der Waals surface area contributed by atoms with Crippen molar-refractivity contribution in [2.24, 2.45) is 5.41 Å². The smallest absolute Gasteiger partial charge is 0.453 e. The van der Waals surface area contributed by atoms with Crippen LogP contribution >= 0.6 is 11.6 Å². The van der Waals surface area contributed by atoms with Crippen LogP contribution in [0.2, 0.25) is 5.02 Å². The Labute approximate surface area is 252 Å². The van der Waals surface area contributed by atoms with Crippen LogP contribution < -0.4 is 11.1 Å². The van der Waals surface area contributed by atoms with Crippen LogP contribution in [0.3, 0.4) is 0 Å². The minimum atomic E-state index is -5.73. The summed E-state index contributed by atoms with van der Waals surface area (Å²) in [7, 11) is 0. The number of benzene rings is 2. The lowest BCUT2D eigenvalue weighted by atomic mass is 9.76. The van der Waals surface area contributed by atoms with Crippen LogP contribution in [0.5, 0.6) is 0 Å². The number of rotatable bonds is 8. The highest BCUT2D eigenvalue weighted by Crippen LogP contribution is 2.46. The number of nitrogens with one attached hydrogen (secondary N) is 1. The molecule has 0 aliphatic carbocycles. The van der Waals surface area contributed by atoms with E-state index in [0.29, 0.717) is 16.5 Å². The van der Waals surface area contributed by atoms with E-state index >= 15 is 0 Å². The predicted molar refractivity (Wildman–Crippen MR) is 152 cm³/mol. The van der Waals surface area contributed by atoms with E-state index < -0.39 is 47.8 Å². The number of amides is 1. The van der Waals surface area contributed by atoms with Gasteiger partial charge in [0, 0.05) is 23.4 Å². The van der Waals surface area contributed by atoms with Crippen molar-refractivity contribution in [1.82, 2.24) is 19.7 Å². The number of alkyl halides is 5. The van der Waals surface area contributed by atoms with Gasteiger partial charge in [-0.1, -0.05) is 35.9 Å². The molecule has 9 nitrogen and oxygen atoms in total. The zero-order chi connectivity index (χ0) is 32.4. The second-order valence-electron chi connectivity index (χ2n) is 11.5. The molecule has 0 saturated heterocycles. The van der Waals surface area contributed by atoms with Crippen molar-refractivity contribution in [1.29, 1.82) is 0 Å². The third-order valence-corrected chi connectivity index (χ3v) is 8.07. The van der Waals surface area contributed by atoms with Gasteiger partial charge in [-0.2, -0.15) is 27.1 Å². The van der Waals surface area contributed by atoms with Crippen molar-refractivity contribution >= 4 is 46.0 Å². The summed E-state index contributed by atoms with van der Waals surface area (Å²) in [4.78, 5) is 33.9. The van der Waals surface area contributed by atoms with Gasteiger partial charge >= 0.3 is 18.1 Å². The molecule has 0 saturated carbocycles. The number of halogens is 6. The summed E-state index contributed by atoms with van der Waals surface area (Å²) >= 11 is 6.08. The second kappa shape index (κ2) is 10.4. The van der Waals surface area contributed by atoms with Crippen molar-refractivity contribution in [3.63, 3.8) is 0 Å². The summed E-state index contributed by atoms with van der Waals surface area (Å²) in [5.74, 6) is -6.53. The molecule has 15 heteroatoms. The standard InChI is InChI=1S/C29H26ClF5N6O3/c1-26(2,25(43)44)13-14-5-4-6-15(11-14)27(3)19-21(36)37-23(38-22(19)39-24(27)42)20-17-8-7-16(30)12-18(17)41(40-20)10-9-28(31,32)29(33,34)35/h4-8,11-12H,9-10,13H2,1-3H3,(H,43,44)(H3,36,37,38,39,42)/t27-/m0/s1. The van der Waals surface area contributed by atoms with Crippen molar-refractivity contribution in [2.45, 2.75) is 57.7 Å². The van der Waals surface area contributed by atoms with Gasteiger partial charge in [-0.3, -0.25) is 14.3 Å². The van der Waals surface area contributed by atoms with E-state index in [9.17, 15) is 36.6 Å². The van der Waals surface area contributed by atoms with Gasteiger partial charge in [-0.05, 0) is 56.5 Å². The molecule has 0 unspecified atom stereocenters. The van der Waals surface area contributed by atoms with E-state index in [1.54, 1.807) is 45.0 Å². The molecule has 1 amide bonds. The first-order chi connectivity index (χ1) is 20.3. The topological polar surface area (TPSA) is 136 Å². The summed E-state index contributed by atoms with van der Waals surface area (Å²) in [5.41, 5.74) is 5.64. The molecule has 4 N–H and O–H groups in total. The van der Waals surface area contributed by atoms with Crippen LogP contribution in [0.15, 0.2) is 42.5 Å². The Morgan fingerprint density at radius 2 is 1.82 bits per heavy atom. The van der Waals surface area contributed by atoms with Crippen LogP contribution in [-0.4, -0.2) is 48.8 Å². The lowest BCUT2D eigenvalue weighted by Gasteiger charge is -2.25. The van der Waals surface area contributed by atoms with E-state index in [4.69, 9.17) is 17.3 Å². The van der Waals surface area contributed by atoms with Gasteiger partial charge in [-0.25, -0.2) is 9.97 Å². The molecule has 1 aliphatic heterocycles. The maximum absolute atomic E-state index is 13.7. The molecule has 232 valence electrons. The molecule has 44 heavy (non-hydrogen) atoms. The van der Waals surface area contributed by atoms with E-state index in [1.165, 1.54) is 18.2 Å². The highest BCUT2D eigenvalue weighted by Gasteiger charge is 2.57. The summed E-state index contributed by atoms with van der Waals surface area (Å²) in [6, 6.07) is 11.2. The number of aromatic nitrogens is 4. The molecular weight excluding hydrogens is 611 g/mol. The molecule has 2 aromatic heterocycles. The number of aryl methyl sites for hydroxylation is 1. The zero-order valence-electron chi connectivity index (χ0n) is 23.6. The molecule has 3 heterocycles. The van der Waals surface area contributed by atoms with Gasteiger partial charge in [0.2, 0.25) is 5.91 Å². The SMILES string of the molecule is CC(C)(Cc1cccc([C@]2(C)C(=O)Nc3nc(-c4nn(CCC(F)(F)C(F)(F)F)c5cc(Cl)ccc45)nc(N)c32)c1)C(=O)O. The first kappa shape index (κ1) is 31.1. The van der Waals surface area contributed by atoms with Gasteiger partial charge in [-0.15, -0.1) is 0 Å². The van der Waals surface area contributed by atoms with E-state index in [-0.39, 0.29) is 45.7 Å². The summed E-state index contributed by atoms with van der Waals surface area (Å²) in [5, 5.41) is 17.0. The normalized spacial score (nSPS) is 17.2. The number of carbonyl (C=O) groups excluding carboxylic acids is 1. The average Bonchev–Trinajstić information content (AvgIpc) is 3.41. The van der Waals surface area contributed by atoms with Crippen molar-refractivity contribution in [3.05, 3.63) is 64.2 Å². The van der Waals surface area contributed by atoms with Crippen LogP contribution in [-0.2, 0) is 28.0 Å². The largest absolute Gasteiger partial charge is 0.481 e. The van der Waals surface area contributed by atoms with E-state index in [0.717, 1.165) is 4.68 Å². The third kappa shape index (κ3) is 5.20. The highest BCUT2D eigenvalue weighted by molar-refractivity contribution is 6.31. The van der Waals surface area contributed by atoms with Crippen LogP contribution in [0.1, 0.15) is 43.9 Å². The third-order valence-electron chi connectivity index (χ3n) is 7.83. The molecule has 1 atom stereocenters.